The Hall–Kier alpha value is -0.0800. The molecular formula is C3H2Br2N2O. The number of nitrogens with zero attached hydrogens (tertiary/aromatic N) is 2. The minimum Gasteiger partial charge on any atom is -0.272 e. The van der Waals surface area contributed by atoms with E-state index in [0.717, 1.165) is 2.95 Å². The van der Waals surface area contributed by atoms with Crippen LogP contribution in [0.3, 0.4) is 0 Å². The highest BCUT2D eigenvalue weighted by atomic mass is 79.9. The molecule has 0 saturated heterocycles. The molecule has 1 amide bonds. The molecule has 0 aromatic carbocycles. The number of carbonyl (C=O) groups excluding carboxylic acids is 1. The summed E-state index contributed by atoms with van der Waals surface area (Å²) in [7, 11) is 0. The van der Waals surface area contributed by atoms with Gasteiger partial charge in [-0.2, -0.15) is 5.26 Å². The molecule has 44 valence electrons. The van der Waals surface area contributed by atoms with Crippen LogP contribution in [0.15, 0.2) is 0 Å². The fourth-order valence-corrected chi connectivity index (χ4v) is 0.378. The van der Waals surface area contributed by atoms with Gasteiger partial charge in [0, 0.05) is 0 Å². The van der Waals surface area contributed by atoms with Crippen LogP contribution in [0.5, 0.6) is 0 Å². The monoisotopic (exact) mass is 240 g/mol. The van der Waals surface area contributed by atoms with Gasteiger partial charge in [0.1, 0.15) is 6.42 Å². The van der Waals surface area contributed by atoms with E-state index in [2.05, 4.69) is 32.3 Å². The maximum absolute atomic E-state index is 10.4. The molecule has 0 fully saturated rings. The first-order valence-electron chi connectivity index (χ1n) is 1.70. The van der Waals surface area contributed by atoms with Crippen molar-refractivity contribution in [2.75, 3.05) is 0 Å². The molecule has 0 bridgehead atoms. The van der Waals surface area contributed by atoms with Crippen molar-refractivity contribution in [3.05, 3.63) is 0 Å². The second-order valence-electron chi connectivity index (χ2n) is 0.962. The number of halogens is 2. The van der Waals surface area contributed by atoms with Crippen molar-refractivity contribution in [1.82, 2.24) is 2.95 Å². The Morgan fingerprint density at radius 1 is 1.75 bits per heavy atom. The highest BCUT2D eigenvalue weighted by Gasteiger charge is 2.03. The van der Waals surface area contributed by atoms with Crippen LogP contribution in [0.25, 0.3) is 0 Å². The van der Waals surface area contributed by atoms with Crippen molar-refractivity contribution in [2.24, 2.45) is 0 Å². The van der Waals surface area contributed by atoms with Crippen LogP contribution in [-0.2, 0) is 4.79 Å². The molecular weight excluding hydrogens is 240 g/mol. The van der Waals surface area contributed by atoms with E-state index < -0.39 is 0 Å². The van der Waals surface area contributed by atoms with E-state index in [1.807, 2.05) is 0 Å². The van der Waals surface area contributed by atoms with Gasteiger partial charge < -0.3 is 0 Å². The molecule has 0 aromatic rings. The third-order valence-corrected chi connectivity index (χ3v) is 1.21. The highest BCUT2D eigenvalue weighted by Crippen LogP contribution is 2.06. The summed E-state index contributed by atoms with van der Waals surface area (Å²) < 4.78 is 1.02. The lowest BCUT2D eigenvalue weighted by atomic mass is 10.5. The summed E-state index contributed by atoms with van der Waals surface area (Å²) in [6.45, 7) is 0. The van der Waals surface area contributed by atoms with Gasteiger partial charge in [-0.15, -0.1) is 0 Å². The van der Waals surface area contributed by atoms with Crippen LogP contribution in [0, 0.1) is 11.3 Å². The molecule has 5 heteroatoms. The fraction of sp³-hybridized carbons (Fsp3) is 0.333. The molecule has 8 heavy (non-hydrogen) atoms. The topological polar surface area (TPSA) is 44.1 Å². The van der Waals surface area contributed by atoms with Gasteiger partial charge in [-0.1, -0.05) is 0 Å². The second kappa shape index (κ2) is 3.87. The van der Waals surface area contributed by atoms with Crippen LogP contribution in [-0.4, -0.2) is 8.86 Å². The van der Waals surface area contributed by atoms with Crippen molar-refractivity contribution in [1.29, 1.82) is 5.26 Å². The van der Waals surface area contributed by atoms with Gasteiger partial charge in [-0.05, 0) is 0 Å². The minimum atomic E-state index is -0.312. The van der Waals surface area contributed by atoms with E-state index in [0.29, 0.717) is 0 Å². The lowest BCUT2D eigenvalue weighted by Crippen LogP contribution is -2.07. The first-order valence-corrected chi connectivity index (χ1v) is 3.12. The Morgan fingerprint density at radius 3 is 2.38 bits per heavy atom. The summed E-state index contributed by atoms with van der Waals surface area (Å²) in [5, 5.41) is 7.95. The summed E-state index contributed by atoms with van der Waals surface area (Å²) in [6.07, 6.45) is -0.115. The maximum atomic E-state index is 10.4. The number of hydrogen-bond acceptors (Lipinski definition) is 2. The summed E-state index contributed by atoms with van der Waals surface area (Å²) in [6, 6.07) is 1.70. The van der Waals surface area contributed by atoms with Gasteiger partial charge in [0.15, 0.2) is 0 Å². The molecule has 0 aliphatic carbocycles. The summed E-state index contributed by atoms with van der Waals surface area (Å²) in [5.41, 5.74) is 0. The van der Waals surface area contributed by atoms with Gasteiger partial charge in [-0.3, -0.25) is 4.79 Å². The van der Waals surface area contributed by atoms with Crippen LogP contribution in [0.1, 0.15) is 6.42 Å². The van der Waals surface area contributed by atoms with Gasteiger partial charge in [0.25, 0.3) is 5.91 Å². The Morgan fingerprint density at radius 2 is 2.25 bits per heavy atom. The minimum absolute atomic E-state index is 0.115. The number of hydrogen-bond donors (Lipinski definition) is 0. The second-order valence-corrected chi connectivity index (χ2v) is 3.33. The molecule has 0 aliphatic rings. The Labute approximate surface area is 63.9 Å². The third-order valence-electron chi connectivity index (χ3n) is 0.419. The first-order chi connectivity index (χ1) is 3.68. The predicted octanol–water partition coefficient (Wildman–Crippen LogP) is 1.35. The van der Waals surface area contributed by atoms with E-state index >= 15 is 0 Å². The molecule has 0 saturated carbocycles. The number of rotatable bonds is 1. The number of carbonyl (C=O) groups is 1. The van der Waals surface area contributed by atoms with Gasteiger partial charge in [-0.25, -0.2) is 2.95 Å². The molecule has 0 heterocycles. The molecule has 0 aromatic heterocycles. The Bertz CT molecular complexity index is 128. The first kappa shape index (κ1) is 7.92. The normalized spacial score (nSPS) is 7.62. The smallest absolute Gasteiger partial charge is 0.256 e. The van der Waals surface area contributed by atoms with E-state index in [4.69, 9.17) is 5.26 Å². The third kappa shape index (κ3) is 2.99. The Balaban J connectivity index is 3.53. The van der Waals surface area contributed by atoms with E-state index in [9.17, 15) is 4.79 Å². The zero-order valence-corrected chi connectivity index (χ0v) is 6.94. The molecule has 0 unspecified atom stereocenters. The van der Waals surface area contributed by atoms with Crippen molar-refractivity contribution >= 4 is 38.2 Å². The molecule has 0 rings (SSSR count). The van der Waals surface area contributed by atoms with Crippen molar-refractivity contribution in [2.45, 2.75) is 6.42 Å². The number of nitriles is 1. The lowest BCUT2D eigenvalue weighted by molar-refractivity contribution is -0.121. The standard InChI is InChI=1S/C3H2Br2N2O/c4-7(5)3(8)1-2-6/h1H2. The summed E-state index contributed by atoms with van der Waals surface area (Å²) in [5.74, 6) is -0.312. The average Bonchev–Trinajstić information content (AvgIpc) is 1.67. The van der Waals surface area contributed by atoms with E-state index in [1.54, 1.807) is 6.07 Å². The maximum Gasteiger partial charge on any atom is 0.256 e. The van der Waals surface area contributed by atoms with Crippen molar-refractivity contribution < 1.29 is 4.79 Å². The van der Waals surface area contributed by atoms with Crippen LogP contribution >= 0.6 is 32.3 Å². The van der Waals surface area contributed by atoms with Crippen molar-refractivity contribution in [3.8, 4) is 6.07 Å². The van der Waals surface area contributed by atoms with E-state index in [-0.39, 0.29) is 12.3 Å². The summed E-state index contributed by atoms with van der Waals surface area (Å²) >= 11 is 5.58. The molecule has 0 radical (unpaired) electrons. The molecule has 3 nitrogen and oxygen atoms in total. The SMILES string of the molecule is N#CCC(=O)N(Br)Br. The largest absolute Gasteiger partial charge is 0.272 e. The lowest BCUT2D eigenvalue weighted by Gasteiger charge is -1.97. The van der Waals surface area contributed by atoms with Crippen molar-refractivity contribution in [3.63, 3.8) is 0 Å². The van der Waals surface area contributed by atoms with E-state index in [1.165, 1.54) is 0 Å². The average molecular weight is 242 g/mol. The summed E-state index contributed by atoms with van der Waals surface area (Å²) in [4.78, 5) is 10.4. The van der Waals surface area contributed by atoms with Crippen LogP contribution in [0.4, 0.5) is 0 Å². The predicted molar refractivity (Wildman–Crippen MR) is 34.9 cm³/mol. The van der Waals surface area contributed by atoms with Crippen LogP contribution in [0.2, 0.25) is 0 Å². The Kier molecular flexibility index (Phi) is 3.83. The molecule has 0 spiro atoms. The van der Waals surface area contributed by atoms with Gasteiger partial charge >= 0.3 is 0 Å². The molecule has 0 N–H and O–H groups in total. The van der Waals surface area contributed by atoms with Crippen LogP contribution < -0.4 is 0 Å². The van der Waals surface area contributed by atoms with Gasteiger partial charge in [0.05, 0.1) is 38.4 Å². The number of amides is 1. The quantitative estimate of drug-likeness (QED) is 0.651. The molecule has 0 atom stereocenters. The highest BCUT2D eigenvalue weighted by molar-refractivity contribution is 9.21. The zero-order chi connectivity index (χ0) is 6.57. The van der Waals surface area contributed by atoms with Gasteiger partial charge in [0.2, 0.25) is 0 Å². The molecule has 0 aliphatic heterocycles. The fourth-order valence-electron chi connectivity index (χ4n) is 0.127. The zero-order valence-electron chi connectivity index (χ0n) is 3.77.